The van der Waals surface area contributed by atoms with Crippen molar-refractivity contribution >= 4 is 29.4 Å². The lowest BCUT2D eigenvalue weighted by Gasteiger charge is -2.46. The van der Waals surface area contributed by atoms with Crippen LogP contribution in [0.15, 0.2) is 59.1 Å². The lowest BCUT2D eigenvalue weighted by Crippen LogP contribution is -2.62. The summed E-state index contributed by atoms with van der Waals surface area (Å²) in [6, 6.07) is 15.3. The van der Waals surface area contributed by atoms with Crippen molar-refractivity contribution in [2.24, 2.45) is 5.92 Å². The van der Waals surface area contributed by atoms with Gasteiger partial charge in [-0.3, -0.25) is 9.69 Å². The first-order valence-electron chi connectivity index (χ1n) is 12.5. The molecule has 3 fully saturated rings. The number of thioether (sulfide) groups is 1. The minimum absolute atomic E-state index is 0.0152. The fourth-order valence-corrected chi connectivity index (χ4v) is 6.99. The molecular formula is C27H30N4O4S. The number of amides is 3. The normalized spacial score (nSPS) is 27.4. The van der Waals surface area contributed by atoms with Crippen LogP contribution in [0, 0.1) is 12.8 Å². The highest BCUT2D eigenvalue weighted by Gasteiger charge is 2.52. The van der Waals surface area contributed by atoms with Crippen molar-refractivity contribution in [1.82, 2.24) is 16.0 Å². The van der Waals surface area contributed by atoms with Crippen molar-refractivity contribution in [1.29, 1.82) is 0 Å². The molecule has 0 aromatic heterocycles. The molecule has 0 spiro atoms. The minimum Gasteiger partial charge on any atom is -0.457 e. The number of nitrogens with one attached hydrogen (secondary N) is 3. The van der Waals surface area contributed by atoms with Gasteiger partial charge in [0.05, 0.1) is 29.0 Å². The molecule has 4 aliphatic rings. The molecule has 0 bridgehead atoms. The molecule has 0 aliphatic carbocycles. The van der Waals surface area contributed by atoms with Gasteiger partial charge in [-0.15, -0.1) is 0 Å². The summed E-state index contributed by atoms with van der Waals surface area (Å²) in [7, 11) is 0. The third-order valence-corrected chi connectivity index (χ3v) is 8.60. The summed E-state index contributed by atoms with van der Waals surface area (Å²) in [5.74, 6) is 1.40. The SMILES string of the molecule is Cc1cc(Oc2ccccc2)ccc1N1C(=O)NC2=C(C(=O)N[C@H]3CCCOC3)SC3NCCC1C23. The number of carbonyl (C=O) groups is 2. The first-order chi connectivity index (χ1) is 17.6. The van der Waals surface area contributed by atoms with E-state index in [-0.39, 0.29) is 35.3 Å². The number of nitrogens with zero attached hydrogens (tertiary/aromatic N) is 1. The number of benzene rings is 2. The van der Waals surface area contributed by atoms with Crippen molar-refractivity contribution in [2.75, 3.05) is 24.7 Å². The predicted molar refractivity (Wildman–Crippen MR) is 139 cm³/mol. The van der Waals surface area contributed by atoms with E-state index in [0.717, 1.165) is 60.9 Å². The van der Waals surface area contributed by atoms with E-state index < -0.39 is 0 Å². The number of rotatable bonds is 5. The Labute approximate surface area is 214 Å². The zero-order valence-electron chi connectivity index (χ0n) is 20.2. The van der Waals surface area contributed by atoms with E-state index in [1.165, 1.54) is 11.8 Å². The Kier molecular flexibility index (Phi) is 6.37. The van der Waals surface area contributed by atoms with Gasteiger partial charge in [0.25, 0.3) is 5.91 Å². The van der Waals surface area contributed by atoms with Gasteiger partial charge < -0.3 is 25.4 Å². The summed E-state index contributed by atoms with van der Waals surface area (Å²) in [6.45, 7) is 4.07. The summed E-state index contributed by atoms with van der Waals surface area (Å²) in [5.41, 5.74) is 2.57. The Hall–Kier alpha value is -3.01. The van der Waals surface area contributed by atoms with E-state index in [2.05, 4.69) is 16.0 Å². The molecule has 0 radical (unpaired) electrons. The van der Waals surface area contributed by atoms with Gasteiger partial charge in [0, 0.05) is 23.9 Å². The summed E-state index contributed by atoms with van der Waals surface area (Å²) >= 11 is 1.53. The fraction of sp³-hybridized carbons (Fsp3) is 0.407. The van der Waals surface area contributed by atoms with Crippen LogP contribution in [0.2, 0.25) is 0 Å². The minimum atomic E-state index is -0.194. The van der Waals surface area contributed by atoms with Crippen molar-refractivity contribution in [3.8, 4) is 11.5 Å². The second-order valence-electron chi connectivity index (χ2n) is 9.67. The molecule has 188 valence electrons. The highest BCUT2D eigenvalue weighted by atomic mass is 32.2. The molecule has 3 amide bonds. The number of hydrogen-bond donors (Lipinski definition) is 3. The molecule has 2 aromatic rings. The molecule has 4 aliphatic heterocycles. The smallest absolute Gasteiger partial charge is 0.326 e. The monoisotopic (exact) mass is 506 g/mol. The molecule has 8 nitrogen and oxygen atoms in total. The maximum atomic E-state index is 13.5. The van der Waals surface area contributed by atoms with Crippen LogP contribution in [0.4, 0.5) is 10.5 Å². The number of aryl methyl sites for hydroxylation is 1. The first-order valence-corrected chi connectivity index (χ1v) is 13.4. The van der Waals surface area contributed by atoms with Gasteiger partial charge in [-0.2, -0.15) is 0 Å². The van der Waals surface area contributed by atoms with Crippen LogP contribution < -0.4 is 25.6 Å². The van der Waals surface area contributed by atoms with Gasteiger partial charge in [-0.1, -0.05) is 30.0 Å². The summed E-state index contributed by atoms with van der Waals surface area (Å²) in [4.78, 5) is 29.2. The maximum absolute atomic E-state index is 13.5. The van der Waals surface area contributed by atoms with Crippen LogP contribution >= 0.6 is 11.8 Å². The van der Waals surface area contributed by atoms with E-state index >= 15 is 0 Å². The van der Waals surface area contributed by atoms with Crippen LogP contribution in [-0.2, 0) is 9.53 Å². The highest BCUT2D eigenvalue weighted by molar-refractivity contribution is 8.04. The van der Waals surface area contributed by atoms with Crippen LogP contribution in [0.25, 0.3) is 0 Å². The topological polar surface area (TPSA) is 91.9 Å². The zero-order valence-corrected chi connectivity index (χ0v) is 21.0. The number of para-hydroxylation sites is 1. The molecule has 3 N–H and O–H groups in total. The van der Waals surface area contributed by atoms with Crippen LogP contribution in [0.3, 0.4) is 0 Å². The third kappa shape index (κ3) is 4.36. The molecule has 9 heteroatoms. The average Bonchev–Trinajstić information content (AvgIpc) is 3.26. The van der Waals surface area contributed by atoms with Crippen molar-refractivity contribution in [3.05, 3.63) is 64.7 Å². The third-order valence-electron chi connectivity index (χ3n) is 7.25. The Morgan fingerprint density at radius 2 is 2.03 bits per heavy atom. The standard InChI is InChI=1S/C27H30N4O4S/c1-16-14-19(35-18-7-3-2-4-8-18)9-10-20(16)31-21-11-12-28-26-22(21)23(30-27(31)33)24(36-26)25(32)29-17-6-5-13-34-15-17/h2-4,7-10,14,17,21-22,26,28H,5-6,11-13,15H2,1H3,(H,29,32)(H,30,33)/t17-,21?,22?,26?/m0/s1. The number of hydrogen-bond acceptors (Lipinski definition) is 6. The van der Waals surface area contributed by atoms with Crippen LogP contribution in [-0.4, -0.2) is 49.2 Å². The number of urea groups is 1. The number of anilines is 1. The quantitative estimate of drug-likeness (QED) is 0.570. The largest absolute Gasteiger partial charge is 0.457 e. The highest BCUT2D eigenvalue weighted by Crippen LogP contribution is 2.48. The van der Waals surface area contributed by atoms with Gasteiger partial charge >= 0.3 is 6.03 Å². The second kappa shape index (κ2) is 9.80. The zero-order chi connectivity index (χ0) is 24.6. The molecule has 4 heterocycles. The molecule has 4 atom stereocenters. The fourth-order valence-electron chi connectivity index (χ4n) is 5.59. The molecular weight excluding hydrogens is 476 g/mol. The number of carbonyl (C=O) groups excluding carboxylic acids is 2. The van der Waals surface area contributed by atoms with Crippen molar-refractivity contribution < 1.29 is 19.1 Å². The van der Waals surface area contributed by atoms with Crippen LogP contribution in [0.1, 0.15) is 24.8 Å². The van der Waals surface area contributed by atoms with Crippen molar-refractivity contribution in [2.45, 2.75) is 43.6 Å². The van der Waals surface area contributed by atoms with Gasteiger partial charge in [-0.05, 0) is 68.6 Å². The van der Waals surface area contributed by atoms with E-state index in [9.17, 15) is 9.59 Å². The lowest BCUT2D eigenvalue weighted by atomic mass is 9.86. The summed E-state index contributed by atoms with van der Waals surface area (Å²) < 4.78 is 11.5. The Morgan fingerprint density at radius 1 is 1.17 bits per heavy atom. The van der Waals surface area contributed by atoms with Gasteiger partial charge in [0.1, 0.15) is 11.5 Å². The molecule has 6 rings (SSSR count). The molecule has 3 unspecified atom stereocenters. The number of piperidine rings is 1. The van der Waals surface area contributed by atoms with E-state index in [0.29, 0.717) is 11.5 Å². The lowest BCUT2D eigenvalue weighted by molar-refractivity contribution is -0.118. The predicted octanol–water partition coefficient (Wildman–Crippen LogP) is 3.87. The molecule has 36 heavy (non-hydrogen) atoms. The average molecular weight is 507 g/mol. The second-order valence-corrected chi connectivity index (χ2v) is 10.8. The Bertz CT molecular complexity index is 1200. The molecule has 3 saturated heterocycles. The van der Waals surface area contributed by atoms with Crippen molar-refractivity contribution in [3.63, 3.8) is 0 Å². The maximum Gasteiger partial charge on any atom is 0.326 e. The van der Waals surface area contributed by atoms with Gasteiger partial charge in [-0.25, -0.2) is 4.79 Å². The van der Waals surface area contributed by atoms with E-state index in [4.69, 9.17) is 9.47 Å². The Morgan fingerprint density at radius 3 is 2.81 bits per heavy atom. The molecule has 2 aromatic carbocycles. The van der Waals surface area contributed by atoms with Crippen LogP contribution in [0.5, 0.6) is 11.5 Å². The number of ether oxygens (including phenoxy) is 2. The molecule has 0 saturated carbocycles. The van der Waals surface area contributed by atoms with Gasteiger partial charge in [0.2, 0.25) is 0 Å². The summed E-state index contributed by atoms with van der Waals surface area (Å²) in [5, 5.41) is 9.81. The van der Waals surface area contributed by atoms with Gasteiger partial charge in [0.15, 0.2) is 0 Å². The van der Waals surface area contributed by atoms with E-state index in [1.807, 2.05) is 60.4 Å². The van der Waals surface area contributed by atoms with E-state index in [1.54, 1.807) is 0 Å². The first kappa shape index (κ1) is 23.4. The Balaban J connectivity index is 1.25. The summed E-state index contributed by atoms with van der Waals surface area (Å²) in [6.07, 6.45) is 2.67.